The van der Waals surface area contributed by atoms with Crippen molar-refractivity contribution in [2.24, 2.45) is 0 Å². The summed E-state index contributed by atoms with van der Waals surface area (Å²) in [7, 11) is 0. The highest BCUT2D eigenvalue weighted by atomic mass is 35.5. The van der Waals surface area contributed by atoms with E-state index in [2.05, 4.69) is 12.6 Å². The van der Waals surface area contributed by atoms with Gasteiger partial charge in [0.1, 0.15) is 11.2 Å². The fourth-order valence-corrected chi connectivity index (χ4v) is 2.27. The molecule has 2 aromatic carbocycles. The standard InChI is InChI=1S/C13H7ClO2S/c14-12-10(17)6-5-9-11(12)13(15)7-3-1-2-4-8(7)16-9/h1-6,17H. The Kier molecular flexibility index (Phi) is 2.38. The Bertz CT molecular complexity index is 792. The van der Waals surface area contributed by atoms with Crippen molar-refractivity contribution in [1.29, 1.82) is 0 Å². The number of para-hydroxylation sites is 1. The van der Waals surface area contributed by atoms with Gasteiger partial charge in [-0.1, -0.05) is 23.7 Å². The highest BCUT2D eigenvalue weighted by Crippen LogP contribution is 2.29. The van der Waals surface area contributed by atoms with Crippen molar-refractivity contribution in [3.8, 4) is 0 Å². The van der Waals surface area contributed by atoms with Crippen LogP contribution in [0.15, 0.2) is 50.5 Å². The van der Waals surface area contributed by atoms with Crippen LogP contribution in [0.2, 0.25) is 5.02 Å². The molecule has 0 bridgehead atoms. The van der Waals surface area contributed by atoms with Crippen LogP contribution < -0.4 is 5.43 Å². The van der Waals surface area contributed by atoms with Crippen LogP contribution in [0.25, 0.3) is 21.9 Å². The van der Waals surface area contributed by atoms with Crippen molar-refractivity contribution < 1.29 is 4.42 Å². The lowest BCUT2D eigenvalue weighted by Crippen LogP contribution is -2.02. The summed E-state index contributed by atoms with van der Waals surface area (Å²) in [5.41, 5.74) is 0.923. The maximum atomic E-state index is 12.3. The summed E-state index contributed by atoms with van der Waals surface area (Å²) in [5, 5.41) is 1.25. The Balaban J connectivity index is 2.66. The molecule has 0 spiro atoms. The quantitative estimate of drug-likeness (QED) is 0.492. The molecule has 3 aromatic rings. The highest BCUT2D eigenvalue weighted by molar-refractivity contribution is 7.80. The molecule has 0 fully saturated rings. The van der Waals surface area contributed by atoms with Crippen LogP contribution in [0.3, 0.4) is 0 Å². The molecular formula is C13H7ClO2S. The van der Waals surface area contributed by atoms with E-state index < -0.39 is 0 Å². The van der Waals surface area contributed by atoms with Crippen LogP contribution in [-0.4, -0.2) is 0 Å². The molecule has 0 unspecified atom stereocenters. The fraction of sp³-hybridized carbons (Fsp3) is 0. The summed E-state index contributed by atoms with van der Waals surface area (Å²) in [4.78, 5) is 12.9. The van der Waals surface area contributed by atoms with Crippen molar-refractivity contribution in [3.05, 3.63) is 51.6 Å². The minimum absolute atomic E-state index is 0.122. The first kappa shape index (κ1) is 10.7. The molecule has 0 amide bonds. The first-order valence-electron chi connectivity index (χ1n) is 5.01. The van der Waals surface area contributed by atoms with Gasteiger partial charge in [-0.2, -0.15) is 0 Å². The third-order valence-corrected chi connectivity index (χ3v) is 3.56. The second-order valence-electron chi connectivity index (χ2n) is 3.70. The van der Waals surface area contributed by atoms with Crippen LogP contribution in [0.1, 0.15) is 0 Å². The van der Waals surface area contributed by atoms with Gasteiger partial charge in [0, 0.05) is 4.90 Å². The number of halogens is 1. The van der Waals surface area contributed by atoms with E-state index in [4.69, 9.17) is 16.0 Å². The smallest absolute Gasteiger partial charge is 0.202 e. The third-order valence-electron chi connectivity index (χ3n) is 2.66. The molecule has 0 aliphatic rings. The lowest BCUT2D eigenvalue weighted by molar-refractivity contribution is 0.659. The zero-order chi connectivity index (χ0) is 12.0. The topological polar surface area (TPSA) is 30.2 Å². The van der Waals surface area contributed by atoms with E-state index in [1.165, 1.54) is 0 Å². The summed E-state index contributed by atoms with van der Waals surface area (Å²) in [6.45, 7) is 0. The second-order valence-corrected chi connectivity index (χ2v) is 4.56. The Morgan fingerprint density at radius 3 is 2.65 bits per heavy atom. The Morgan fingerprint density at radius 1 is 1.06 bits per heavy atom. The molecule has 3 rings (SSSR count). The zero-order valence-electron chi connectivity index (χ0n) is 8.61. The Morgan fingerprint density at radius 2 is 1.82 bits per heavy atom. The Labute approximate surface area is 107 Å². The summed E-state index contributed by atoms with van der Waals surface area (Å²) in [6, 6.07) is 10.5. The summed E-state index contributed by atoms with van der Waals surface area (Å²) < 4.78 is 5.64. The molecule has 17 heavy (non-hydrogen) atoms. The molecular weight excluding hydrogens is 256 g/mol. The van der Waals surface area contributed by atoms with Gasteiger partial charge in [-0.15, -0.1) is 12.6 Å². The molecule has 0 atom stereocenters. The van der Waals surface area contributed by atoms with E-state index in [0.29, 0.717) is 31.9 Å². The third kappa shape index (κ3) is 1.54. The minimum Gasteiger partial charge on any atom is -0.456 e. The van der Waals surface area contributed by atoms with Crippen LogP contribution in [0.4, 0.5) is 0 Å². The van der Waals surface area contributed by atoms with Gasteiger partial charge in [0.05, 0.1) is 15.8 Å². The number of fused-ring (bicyclic) bond motifs is 2. The number of hydrogen-bond donors (Lipinski definition) is 1. The molecule has 0 saturated carbocycles. The maximum absolute atomic E-state index is 12.3. The number of benzene rings is 2. The number of thiol groups is 1. The van der Waals surface area contributed by atoms with E-state index in [-0.39, 0.29) is 5.43 Å². The zero-order valence-corrected chi connectivity index (χ0v) is 10.3. The van der Waals surface area contributed by atoms with Gasteiger partial charge in [0.2, 0.25) is 5.43 Å². The van der Waals surface area contributed by atoms with Crippen molar-refractivity contribution in [2.45, 2.75) is 4.90 Å². The van der Waals surface area contributed by atoms with E-state index >= 15 is 0 Å². The summed E-state index contributed by atoms with van der Waals surface area (Å²) in [5.74, 6) is 0. The summed E-state index contributed by atoms with van der Waals surface area (Å²) >= 11 is 10.3. The Hall–Kier alpha value is -1.45. The second kappa shape index (κ2) is 3.79. The van der Waals surface area contributed by atoms with E-state index in [1.54, 1.807) is 30.3 Å². The summed E-state index contributed by atoms with van der Waals surface area (Å²) in [6.07, 6.45) is 0. The predicted molar refractivity (Wildman–Crippen MR) is 72.3 cm³/mol. The van der Waals surface area contributed by atoms with Gasteiger partial charge in [-0.25, -0.2) is 0 Å². The molecule has 0 N–H and O–H groups in total. The lowest BCUT2D eigenvalue weighted by Gasteiger charge is -2.04. The van der Waals surface area contributed by atoms with Crippen LogP contribution >= 0.6 is 24.2 Å². The van der Waals surface area contributed by atoms with Crippen molar-refractivity contribution >= 4 is 46.2 Å². The van der Waals surface area contributed by atoms with Crippen LogP contribution in [0.5, 0.6) is 0 Å². The lowest BCUT2D eigenvalue weighted by atomic mass is 10.1. The fourth-order valence-electron chi connectivity index (χ4n) is 1.84. The van der Waals surface area contributed by atoms with E-state index in [0.717, 1.165) is 0 Å². The normalized spacial score (nSPS) is 11.2. The maximum Gasteiger partial charge on any atom is 0.202 e. The van der Waals surface area contributed by atoms with Gasteiger partial charge in [-0.05, 0) is 24.3 Å². The average Bonchev–Trinajstić information content (AvgIpc) is 2.34. The SMILES string of the molecule is O=c1c2ccccc2oc2ccc(S)c(Cl)c12. The molecule has 1 aromatic heterocycles. The van der Waals surface area contributed by atoms with Gasteiger partial charge >= 0.3 is 0 Å². The van der Waals surface area contributed by atoms with E-state index in [1.807, 2.05) is 6.07 Å². The number of rotatable bonds is 0. The molecule has 0 radical (unpaired) electrons. The van der Waals surface area contributed by atoms with Crippen LogP contribution in [0, 0.1) is 0 Å². The van der Waals surface area contributed by atoms with Gasteiger partial charge < -0.3 is 4.42 Å². The molecule has 4 heteroatoms. The van der Waals surface area contributed by atoms with Gasteiger partial charge in [0.25, 0.3) is 0 Å². The molecule has 0 aliphatic carbocycles. The van der Waals surface area contributed by atoms with Crippen molar-refractivity contribution in [1.82, 2.24) is 0 Å². The molecule has 1 heterocycles. The van der Waals surface area contributed by atoms with Gasteiger partial charge in [0.15, 0.2) is 0 Å². The first-order chi connectivity index (χ1) is 8.18. The average molecular weight is 263 g/mol. The first-order valence-corrected chi connectivity index (χ1v) is 5.84. The molecule has 0 saturated heterocycles. The van der Waals surface area contributed by atoms with Crippen LogP contribution in [-0.2, 0) is 0 Å². The number of hydrogen-bond acceptors (Lipinski definition) is 3. The van der Waals surface area contributed by atoms with Gasteiger partial charge in [-0.3, -0.25) is 4.79 Å². The molecule has 84 valence electrons. The monoisotopic (exact) mass is 262 g/mol. The predicted octanol–water partition coefficient (Wildman–Crippen LogP) is 3.89. The highest BCUT2D eigenvalue weighted by Gasteiger charge is 2.11. The van der Waals surface area contributed by atoms with Crippen molar-refractivity contribution in [2.75, 3.05) is 0 Å². The van der Waals surface area contributed by atoms with Crippen molar-refractivity contribution in [3.63, 3.8) is 0 Å². The largest absolute Gasteiger partial charge is 0.456 e. The molecule has 0 aliphatic heterocycles. The minimum atomic E-state index is -0.122. The van der Waals surface area contributed by atoms with E-state index in [9.17, 15) is 4.79 Å². The molecule has 2 nitrogen and oxygen atoms in total.